The van der Waals surface area contributed by atoms with Crippen LogP contribution in [-0.4, -0.2) is 18.3 Å². The number of aryl methyl sites for hydroxylation is 2. The van der Waals surface area contributed by atoms with Gasteiger partial charge < -0.3 is 5.32 Å². The van der Waals surface area contributed by atoms with E-state index in [0.717, 1.165) is 0 Å². The van der Waals surface area contributed by atoms with Crippen molar-refractivity contribution in [2.24, 2.45) is 0 Å². The second-order valence-electron chi connectivity index (χ2n) is 4.62. The molecule has 1 rings (SSSR count). The van der Waals surface area contributed by atoms with Crippen LogP contribution in [-0.2, 0) is 0 Å². The highest BCUT2D eigenvalue weighted by molar-refractivity contribution is 8.00. The molecule has 0 saturated carbocycles. The summed E-state index contributed by atoms with van der Waals surface area (Å²) in [6, 6.07) is 7.28. The molecule has 0 amide bonds. The molecule has 1 aromatic carbocycles. The van der Waals surface area contributed by atoms with Crippen LogP contribution in [0.2, 0.25) is 0 Å². The van der Waals surface area contributed by atoms with E-state index in [4.69, 9.17) is 0 Å². The molecule has 16 heavy (non-hydrogen) atoms. The van der Waals surface area contributed by atoms with Crippen molar-refractivity contribution in [1.29, 1.82) is 0 Å². The molecule has 0 aliphatic carbocycles. The summed E-state index contributed by atoms with van der Waals surface area (Å²) in [6.45, 7) is 8.89. The average Bonchev–Trinajstić information content (AvgIpc) is 2.23. The van der Waals surface area contributed by atoms with Crippen LogP contribution in [0.3, 0.4) is 0 Å². The third kappa shape index (κ3) is 4.18. The molecule has 0 spiro atoms. The van der Waals surface area contributed by atoms with Crippen molar-refractivity contribution in [2.75, 3.05) is 7.05 Å². The number of hydrogen-bond acceptors (Lipinski definition) is 2. The Morgan fingerprint density at radius 2 is 1.94 bits per heavy atom. The van der Waals surface area contributed by atoms with Gasteiger partial charge in [-0.1, -0.05) is 24.6 Å². The highest BCUT2D eigenvalue weighted by Gasteiger charge is 2.10. The molecule has 0 radical (unpaired) electrons. The number of thioether (sulfide) groups is 1. The molecule has 0 bridgehead atoms. The van der Waals surface area contributed by atoms with Gasteiger partial charge in [-0.15, -0.1) is 11.8 Å². The molecule has 1 nitrogen and oxygen atoms in total. The summed E-state index contributed by atoms with van der Waals surface area (Å²) in [6.07, 6.45) is 1.20. The minimum atomic E-state index is 0.590. The quantitative estimate of drug-likeness (QED) is 0.782. The first-order chi connectivity index (χ1) is 7.52. The van der Waals surface area contributed by atoms with E-state index in [9.17, 15) is 0 Å². The predicted molar refractivity (Wildman–Crippen MR) is 74.4 cm³/mol. The lowest BCUT2D eigenvalue weighted by Gasteiger charge is -2.17. The zero-order valence-corrected chi connectivity index (χ0v) is 11.8. The summed E-state index contributed by atoms with van der Waals surface area (Å²) in [5.41, 5.74) is 2.74. The van der Waals surface area contributed by atoms with Crippen molar-refractivity contribution >= 4 is 11.8 Å². The van der Waals surface area contributed by atoms with Crippen LogP contribution in [0.5, 0.6) is 0 Å². The summed E-state index contributed by atoms with van der Waals surface area (Å²) in [4.78, 5) is 1.43. The van der Waals surface area contributed by atoms with E-state index in [1.54, 1.807) is 0 Å². The molecule has 2 heteroatoms. The predicted octanol–water partition coefficient (Wildman–Crippen LogP) is 3.78. The first-order valence-corrected chi connectivity index (χ1v) is 6.82. The third-order valence-corrected chi connectivity index (χ3v) is 4.14. The largest absolute Gasteiger partial charge is 0.317 e. The van der Waals surface area contributed by atoms with Crippen LogP contribution in [0.25, 0.3) is 0 Å². The van der Waals surface area contributed by atoms with Gasteiger partial charge in [0.2, 0.25) is 0 Å². The average molecular weight is 237 g/mol. The first-order valence-electron chi connectivity index (χ1n) is 5.94. The van der Waals surface area contributed by atoms with Crippen molar-refractivity contribution in [1.82, 2.24) is 5.32 Å². The lowest BCUT2D eigenvalue weighted by Crippen LogP contribution is -2.24. The summed E-state index contributed by atoms with van der Waals surface area (Å²) in [7, 11) is 2.03. The van der Waals surface area contributed by atoms with E-state index in [2.05, 4.69) is 51.2 Å². The Balaban J connectivity index is 2.61. The Labute approximate surface area is 104 Å². The fourth-order valence-electron chi connectivity index (χ4n) is 1.71. The molecule has 0 aliphatic rings. The van der Waals surface area contributed by atoms with Crippen molar-refractivity contribution in [3.05, 3.63) is 29.3 Å². The Hall–Kier alpha value is -0.470. The van der Waals surface area contributed by atoms with Gasteiger partial charge in [-0.3, -0.25) is 0 Å². The molecule has 0 aliphatic heterocycles. The van der Waals surface area contributed by atoms with Crippen LogP contribution in [0.15, 0.2) is 23.1 Å². The van der Waals surface area contributed by atoms with Crippen LogP contribution in [0, 0.1) is 13.8 Å². The van der Waals surface area contributed by atoms with Crippen molar-refractivity contribution in [2.45, 2.75) is 50.3 Å². The second-order valence-corrected chi connectivity index (χ2v) is 6.10. The molecule has 1 N–H and O–H groups in total. The normalized spacial score (nSPS) is 14.8. The first kappa shape index (κ1) is 13.6. The van der Waals surface area contributed by atoms with Gasteiger partial charge in [0.15, 0.2) is 0 Å². The fraction of sp³-hybridized carbons (Fsp3) is 0.571. The minimum absolute atomic E-state index is 0.590. The zero-order valence-electron chi connectivity index (χ0n) is 11.0. The number of rotatable bonds is 5. The maximum absolute atomic E-state index is 3.29. The lowest BCUT2D eigenvalue weighted by atomic mass is 10.2. The van der Waals surface area contributed by atoms with Crippen molar-refractivity contribution in [3.63, 3.8) is 0 Å². The molecule has 0 saturated heterocycles. The summed E-state index contributed by atoms with van der Waals surface area (Å²) in [5.74, 6) is 0. The Bertz CT molecular complexity index is 336. The van der Waals surface area contributed by atoms with Gasteiger partial charge in [0.25, 0.3) is 0 Å². The molecule has 2 atom stereocenters. The fourth-order valence-corrected chi connectivity index (χ4v) is 3.04. The number of benzene rings is 1. The van der Waals surface area contributed by atoms with E-state index < -0.39 is 0 Å². The summed E-state index contributed by atoms with van der Waals surface area (Å²) in [5, 5.41) is 3.95. The molecule has 0 aromatic heterocycles. The second kappa shape index (κ2) is 6.31. The van der Waals surface area contributed by atoms with Gasteiger partial charge >= 0.3 is 0 Å². The molecule has 1 aromatic rings. The Kier molecular flexibility index (Phi) is 5.36. The summed E-state index contributed by atoms with van der Waals surface area (Å²) >= 11 is 1.99. The van der Waals surface area contributed by atoms with Crippen molar-refractivity contribution < 1.29 is 0 Å². The van der Waals surface area contributed by atoms with Gasteiger partial charge in [-0.05, 0) is 45.9 Å². The molecular formula is C14H23NS. The Morgan fingerprint density at radius 1 is 1.25 bits per heavy atom. The van der Waals surface area contributed by atoms with Gasteiger partial charge in [-0.2, -0.15) is 0 Å². The van der Waals surface area contributed by atoms with E-state index in [-0.39, 0.29) is 0 Å². The Morgan fingerprint density at radius 3 is 2.56 bits per heavy atom. The third-order valence-electron chi connectivity index (χ3n) is 2.85. The molecule has 90 valence electrons. The van der Waals surface area contributed by atoms with E-state index in [1.165, 1.54) is 22.4 Å². The van der Waals surface area contributed by atoms with Gasteiger partial charge in [0.1, 0.15) is 0 Å². The monoisotopic (exact) mass is 237 g/mol. The van der Waals surface area contributed by atoms with Gasteiger partial charge in [0.05, 0.1) is 0 Å². The standard InChI is InChI=1S/C14H23NS/c1-10-6-7-11(2)14(8-10)16-13(4)9-12(3)15-5/h6-8,12-13,15H,9H2,1-5H3. The van der Waals surface area contributed by atoms with Crippen LogP contribution >= 0.6 is 11.8 Å². The SMILES string of the molecule is CNC(C)CC(C)Sc1cc(C)ccc1C. The van der Waals surface area contributed by atoms with E-state index in [0.29, 0.717) is 11.3 Å². The highest BCUT2D eigenvalue weighted by Crippen LogP contribution is 2.29. The smallest absolute Gasteiger partial charge is 0.0107 e. The van der Waals surface area contributed by atoms with E-state index in [1.807, 2.05) is 18.8 Å². The van der Waals surface area contributed by atoms with Crippen molar-refractivity contribution in [3.8, 4) is 0 Å². The number of nitrogens with one attached hydrogen (secondary N) is 1. The molecular weight excluding hydrogens is 214 g/mol. The van der Waals surface area contributed by atoms with Crippen LogP contribution < -0.4 is 5.32 Å². The molecule has 0 fully saturated rings. The van der Waals surface area contributed by atoms with Crippen LogP contribution in [0.1, 0.15) is 31.4 Å². The maximum Gasteiger partial charge on any atom is 0.0107 e. The summed E-state index contributed by atoms with van der Waals surface area (Å²) < 4.78 is 0. The van der Waals surface area contributed by atoms with E-state index >= 15 is 0 Å². The molecule has 2 unspecified atom stereocenters. The zero-order chi connectivity index (χ0) is 12.1. The van der Waals surface area contributed by atoms with Gasteiger partial charge in [-0.25, -0.2) is 0 Å². The molecule has 0 heterocycles. The number of hydrogen-bond donors (Lipinski definition) is 1. The highest BCUT2D eigenvalue weighted by atomic mass is 32.2. The maximum atomic E-state index is 3.29. The van der Waals surface area contributed by atoms with Gasteiger partial charge in [0, 0.05) is 16.2 Å². The lowest BCUT2D eigenvalue weighted by molar-refractivity contribution is 0.564. The van der Waals surface area contributed by atoms with Crippen LogP contribution in [0.4, 0.5) is 0 Å². The topological polar surface area (TPSA) is 12.0 Å². The minimum Gasteiger partial charge on any atom is -0.317 e.